The molecular weight excluding hydrogens is 594 g/mol. The van der Waals surface area contributed by atoms with E-state index in [0.29, 0.717) is 22.9 Å². The maximum atomic E-state index is 13.7. The first-order valence-electron chi connectivity index (χ1n) is 13.0. The Balaban J connectivity index is 1.86. The molecule has 11 nitrogen and oxygen atoms in total. The second-order valence-electron chi connectivity index (χ2n) is 10.2. The van der Waals surface area contributed by atoms with Crippen LogP contribution in [-0.4, -0.2) is 89.8 Å². The molecule has 0 bridgehead atoms. The minimum Gasteiger partial charge on any atom is -0.454 e. The number of carbonyl (C=O) groups excluding carboxylic acids is 2. The minimum absolute atomic E-state index is 0.0758. The molecule has 41 heavy (non-hydrogen) atoms. The number of nitrogens with zero attached hydrogens (tertiary/aromatic N) is 1. The molecule has 2 aromatic carbocycles. The maximum absolute atomic E-state index is 13.7. The number of rotatable bonds is 15. The number of alkyl halides is 1. The van der Waals surface area contributed by atoms with Crippen LogP contribution in [0.2, 0.25) is 0 Å². The highest BCUT2D eigenvalue weighted by Crippen LogP contribution is 2.34. The molecule has 1 heterocycles. The monoisotopic (exact) mass is 629 g/mol. The van der Waals surface area contributed by atoms with E-state index in [4.69, 9.17) is 21.1 Å². The van der Waals surface area contributed by atoms with E-state index in [1.165, 1.54) is 0 Å². The van der Waals surface area contributed by atoms with Gasteiger partial charge in [0.05, 0.1) is 22.8 Å². The zero-order valence-electron chi connectivity index (χ0n) is 23.1. The van der Waals surface area contributed by atoms with Crippen LogP contribution in [0.1, 0.15) is 19.4 Å². The van der Waals surface area contributed by atoms with Crippen molar-refractivity contribution in [3.8, 4) is 11.5 Å². The van der Waals surface area contributed by atoms with E-state index < -0.39 is 62.5 Å². The van der Waals surface area contributed by atoms with Crippen molar-refractivity contribution in [1.82, 2.24) is 14.9 Å². The summed E-state index contributed by atoms with van der Waals surface area (Å²) in [5, 5.41) is 16.5. The number of hydrogen-bond acceptors (Lipinski definition) is 8. The number of hydrogen-bond donors (Lipinski definition) is 3. The lowest BCUT2D eigenvalue weighted by molar-refractivity contribution is -0.128. The molecular formula is C27H36ClN3O8S2. The molecule has 0 radical (unpaired) electrons. The van der Waals surface area contributed by atoms with E-state index >= 15 is 0 Å². The van der Waals surface area contributed by atoms with Crippen molar-refractivity contribution in [2.75, 3.05) is 37.8 Å². The molecule has 1 aliphatic rings. The SMILES string of the molecule is CC(C)CN(C[C@@H](O)[C@H](Cc1ccccc1)NC(=O)[C@H](CS(C)(=O)=O)NC(=O)CCl)S(=O)c1ccc2c(c1)OCO2. The van der Waals surface area contributed by atoms with Gasteiger partial charge in [0.15, 0.2) is 11.5 Å². The van der Waals surface area contributed by atoms with Crippen LogP contribution >= 0.6 is 11.6 Å². The lowest BCUT2D eigenvalue weighted by Crippen LogP contribution is -2.57. The molecule has 14 heteroatoms. The van der Waals surface area contributed by atoms with Crippen LogP contribution in [0.4, 0.5) is 0 Å². The van der Waals surface area contributed by atoms with Crippen LogP contribution < -0.4 is 20.1 Å². The summed E-state index contributed by atoms with van der Waals surface area (Å²) < 4.78 is 50.0. The fourth-order valence-corrected chi connectivity index (χ4v) is 6.57. The average molecular weight is 630 g/mol. The van der Waals surface area contributed by atoms with Crippen molar-refractivity contribution >= 4 is 44.2 Å². The number of carbonyl (C=O) groups is 2. The number of fused-ring (bicyclic) bond motifs is 1. The smallest absolute Gasteiger partial charge is 0.243 e. The molecule has 226 valence electrons. The van der Waals surface area contributed by atoms with Crippen molar-refractivity contribution in [3.05, 3.63) is 54.1 Å². The fraction of sp³-hybridized carbons (Fsp3) is 0.481. The van der Waals surface area contributed by atoms with Crippen LogP contribution in [0.5, 0.6) is 11.5 Å². The van der Waals surface area contributed by atoms with E-state index in [1.807, 2.05) is 44.2 Å². The highest BCUT2D eigenvalue weighted by molar-refractivity contribution is 7.90. The Morgan fingerprint density at radius 3 is 2.39 bits per heavy atom. The van der Waals surface area contributed by atoms with Crippen molar-refractivity contribution in [3.63, 3.8) is 0 Å². The van der Waals surface area contributed by atoms with Crippen LogP contribution in [0, 0.1) is 5.92 Å². The number of ether oxygens (including phenoxy) is 2. The van der Waals surface area contributed by atoms with Crippen molar-refractivity contribution in [2.24, 2.45) is 5.92 Å². The van der Waals surface area contributed by atoms with E-state index in [0.717, 1.165) is 11.8 Å². The Morgan fingerprint density at radius 2 is 1.76 bits per heavy atom. The molecule has 0 saturated carbocycles. The number of halogens is 1. The zero-order valence-corrected chi connectivity index (χ0v) is 25.5. The Morgan fingerprint density at radius 1 is 1.07 bits per heavy atom. The summed E-state index contributed by atoms with van der Waals surface area (Å²) in [5.74, 6) is -1.49. The number of sulfone groups is 1. The van der Waals surface area contributed by atoms with Gasteiger partial charge >= 0.3 is 0 Å². The lowest BCUT2D eigenvalue weighted by atomic mass is 10.0. The molecule has 0 spiro atoms. The third-order valence-corrected chi connectivity index (χ3v) is 8.68. The maximum Gasteiger partial charge on any atom is 0.243 e. The summed E-state index contributed by atoms with van der Waals surface area (Å²) in [5.41, 5.74) is 0.800. The molecule has 0 saturated heterocycles. The van der Waals surface area contributed by atoms with E-state index in [1.54, 1.807) is 22.5 Å². The number of amides is 2. The number of aliphatic hydroxyl groups is 1. The Labute approximate surface area is 248 Å². The quantitative estimate of drug-likeness (QED) is 0.249. The predicted molar refractivity (Wildman–Crippen MR) is 156 cm³/mol. The highest BCUT2D eigenvalue weighted by Gasteiger charge is 2.32. The minimum atomic E-state index is -3.66. The first-order chi connectivity index (χ1) is 19.4. The molecule has 3 rings (SSSR count). The summed E-state index contributed by atoms with van der Waals surface area (Å²) in [6.07, 6.45) is -0.0841. The molecule has 0 aliphatic carbocycles. The van der Waals surface area contributed by atoms with Gasteiger partial charge in [-0.25, -0.2) is 16.9 Å². The fourth-order valence-electron chi connectivity index (χ4n) is 4.24. The van der Waals surface area contributed by atoms with Gasteiger partial charge in [-0.05, 0) is 30.0 Å². The average Bonchev–Trinajstić information content (AvgIpc) is 3.39. The van der Waals surface area contributed by atoms with Crippen LogP contribution in [-0.2, 0) is 36.8 Å². The van der Waals surface area contributed by atoms with Gasteiger partial charge in [0, 0.05) is 25.4 Å². The topological polar surface area (TPSA) is 151 Å². The first kappa shape index (κ1) is 32.8. The van der Waals surface area contributed by atoms with Crippen molar-refractivity contribution in [2.45, 2.75) is 43.4 Å². The summed E-state index contributed by atoms with van der Waals surface area (Å²) in [4.78, 5) is 25.6. The molecule has 1 unspecified atom stereocenters. The van der Waals surface area contributed by atoms with Crippen molar-refractivity contribution < 1.29 is 36.8 Å². The summed E-state index contributed by atoms with van der Waals surface area (Å²) in [6, 6.07) is 11.8. The van der Waals surface area contributed by atoms with Crippen molar-refractivity contribution in [1.29, 1.82) is 0 Å². The number of benzene rings is 2. The molecule has 0 aromatic heterocycles. The highest BCUT2D eigenvalue weighted by atomic mass is 35.5. The molecule has 4 atom stereocenters. The van der Waals surface area contributed by atoms with Crippen LogP contribution in [0.15, 0.2) is 53.4 Å². The standard InChI is InChI=1S/C27H36ClN3O8S2/c1-18(2)14-31(40(35)20-9-10-24-25(12-20)39-17-38-24)15-23(32)21(11-19-7-5-4-6-8-19)30-27(34)22(16-41(3,36)37)29-26(33)13-28/h4-10,12,18,21-23,32H,11,13-17H2,1-3H3,(H,29,33)(H,30,34)/t21-,22-,23+,40?/m0/s1. The second-order valence-corrected chi connectivity index (χ2v) is 14.2. The van der Waals surface area contributed by atoms with Gasteiger partial charge in [-0.1, -0.05) is 44.2 Å². The van der Waals surface area contributed by atoms with E-state index in [9.17, 15) is 27.3 Å². The summed E-state index contributed by atoms with van der Waals surface area (Å²) in [7, 11) is -5.35. The Bertz CT molecular complexity index is 1330. The van der Waals surface area contributed by atoms with Gasteiger partial charge in [0.25, 0.3) is 0 Å². The van der Waals surface area contributed by atoms with E-state index in [-0.39, 0.29) is 25.7 Å². The largest absolute Gasteiger partial charge is 0.454 e. The van der Waals surface area contributed by atoms with Gasteiger partial charge in [0.1, 0.15) is 32.7 Å². The summed E-state index contributed by atoms with van der Waals surface area (Å²) >= 11 is 5.56. The van der Waals surface area contributed by atoms with Gasteiger partial charge in [-0.15, -0.1) is 11.6 Å². The lowest BCUT2D eigenvalue weighted by Gasteiger charge is -2.31. The Kier molecular flexibility index (Phi) is 12.0. The number of aliphatic hydroxyl groups excluding tert-OH is 1. The van der Waals surface area contributed by atoms with Gasteiger partial charge in [-0.3, -0.25) is 9.59 Å². The second kappa shape index (κ2) is 15.0. The zero-order chi connectivity index (χ0) is 30.2. The summed E-state index contributed by atoms with van der Waals surface area (Å²) in [6.45, 7) is 4.27. The molecule has 1 aliphatic heterocycles. The van der Waals surface area contributed by atoms with Gasteiger partial charge < -0.3 is 25.2 Å². The predicted octanol–water partition coefficient (Wildman–Crippen LogP) is 1.25. The Hall–Kier alpha value is -2.71. The first-order valence-corrected chi connectivity index (χ1v) is 16.7. The molecule has 2 aromatic rings. The third-order valence-electron chi connectivity index (χ3n) is 6.07. The molecule has 0 fully saturated rings. The van der Waals surface area contributed by atoms with Gasteiger partial charge in [-0.2, -0.15) is 0 Å². The third kappa shape index (κ3) is 10.3. The number of nitrogens with one attached hydrogen (secondary N) is 2. The normalized spacial score (nSPS) is 15.8. The van der Waals surface area contributed by atoms with E-state index in [2.05, 4.69) is 10.6 Å². The molecule has 3 N–H and O–H groups in total. The van der Waals surface area contributed by atoms with Crippen LogP contribution in [0.25, 0.3) is 0 Å². The molecule has 2 amide bonds. The van der Waals surface area contributed by atoms with Crippen LogP contribution in [0.3, 0.4) is 0 Å². The van der Waals surface area contributed by atoms with Gasteiger partial charge in [0.2, 0.25) is 18.6 Å².